The molecule has 0 amide bonds. The van der Waals surface area contributed by atoms with E-state index in [0.717, 1.165) is 10.0 Å². The van der Waals surface area contributed by atoms with Crippen LogP contribution < -0.4 is 0 Å². The van der Waals surface area contributed by atoms with Gasteiger partial charge in [-0.05, 0) is 22.6 Å². The molecular formula is C14H21BrO. The van der Waals surface area contributed by atoms with Crippen molar-refractivity contribution in [1.82, 2.24) is 0 Å². The van der Waals surface area contributed by atoms with Crippen LogP contribution in [0.15, 0.2) is 22.7 Å². The average Bonchev–Trinajstić information content (AvgIpc) is 2.15. The minimum absolute atomic E-state index is 0.140. The van der Waals surface area contributed by atoms with E-state index in [-0.39, 0.29) is 17.4 Å². The third kappa shape index (κ3) is 2.86. The van der Waals surface area contributed by atoms with Crippen LogP contribution >= 0.6 is 15.9 Å². The first-order valence-corrected chi connectivity index (χ1v) is 6.39. The first-order valence-electron chi connectivity index (χ1n) is 5.60. The monoisotopic (exact) mass is 284 g/mol. The van der Waals surface area contributed by atoms with Crippen molar-refractivity contribution in [1.29, 1.82) is 0 Å². The molecule has 0 heterocycles. The van der Waals surface area contributed by atoms with Gasteiger partial charge in [-0.1, -0.05) is 62.7 Å². The molecule has 0 saturated carbocycles. The first-order chi connectivity index (χ1) is 7.18. The largest absolute Gasteiger partial charge is 0.395 e. The summed E-state index contributed by atoms with van der Waals surface area (Å²) in [5, 5.41) is 9.35. The molecule has 0 radical (unpaired) electrons. The van der Waals surface area contributed by atoms with E-state index in [0.29, 0.717) is 0 Å². The maximum Gasteiger partial charge on any atom is 0.0522 e. The van der Waals surface area contributed by atoms with Crippen molar-refractivity contribution < 1.29 is 5.11 Å². The molecule has 0 unspecified atom stereocenters. The molecule has 0 saturated heterocycles. The molecule has 0 aliphatic rings. The maximum absolute atomic E-state index is 9.35. The summed E-state index contributed by atoms with van der Waals surface area (Å²) in [5.74, 6) is 0. The zero-order valence-electron chi connectivity index (χ0n) is 10.8. The molecule has 16 heavy (non-hydrogen) atoms. The van der Waals surface area contributed by atoms with E-state index in [1.54, 1.807) is 0 Å². The SMILES string of the molecule is CC(C)(C)c1ccc(C(C)(C)CO)cc1Br. The average molecular weight is 285 g/mol. The fourth-order valence-corrected chi connectivity index (χ4v) is 2.61. The molecule has 90 valence electrons. The molecule has 1 N–H and O–H groups in total. The van der Waals surface area contributed by atoms with Crippen LogP contribution in [0, 0.1) is 0 Å². The normalized spacial score (nSPS) is 12.9. The Morgan fingerprint density at radius 1 is 1.12 bits per heavy atom. The van der Waals surface area contributed by atoms with Crippen molar-refractivity contribution in [3.63, 3.8) is 0 Å². The van der Waals surface area contributed by atoms with E-state index >= 15 is 0 Å². The summed E-state index contributed by atoms with van der Waals surface area (Å²) in [4.78, 5) is 0. The molecule has 1 aromatic carbocycles. The molecule has 1 rings (SSSR count). The highest BCUT2D eigenvalue weighted by Gasteiger charge is 2.22. The smallest absolute Gasteiger partial charge is 0.0522 e. The van der Waals surface area contributed by atoms with E-state index in [2.05, 4.69) is 54.9 Å². The van der Waals surface area contributed by atoms with Gasteiger partial charge in [0.2, 0.25) is 0 Å². The number of aliphatic hydroxyl groups is 1. The molecular weight excluding hydrogens is 264 g/mol. The van der Waals surface area contributed by atoms with Crippen molar-refractivity contribution in [3.05, 3.63) is 33.8 Å². The third-order valence-electron chi connectivity index (χ3n) is 2.95. The summed E-state index contributed by atoms with van der Waals surface area (Å²) in [6.07, 6.45) is 0. The van der Waals surface area contributed by atoms with Gasteiger partial charge >= 0.3 is 0 Å². The van der Waals surface area contributed by atoms with E-state index < -0.39 is 0 Å². The van der Waals surface area contributed by atoms with Gasteiger partial charge in [0.25, 0.3) is 0 Å². The summed E-state index contributed by atoms with van der Waals surface area (Å²) in [6, 6.07) is 6.38. The Morgan fingerprint density at radius 3 is 2.06 bits per heavy atom. The van der Waals surface area contributed by atoms with Crippen LogP contribution in [-0.2, 0) is 10.8 Å². The highest BCUT2D eigenvalue weighted by atomic mass is 79.9. The molecule has 0 aliphatic carbocycles. The highest BCUT2D eigenvalue weighted by molar-refractivity contribution is 9.10. The quantitative estimate of drug-likeness (QED) is 0.870. The zero-order chi connectivity index (χ0) is 12.6. The standard InChI is InChI=1S/C14H21BrO/c1-13(2,3)11-7-6-10(8-12(11)15)14(4,5)9-16/h6-8,16H,9H2,1-5H3. The lowest BCUT2D eigenvalue weighted by Crippen LogP contribution is -2.22. The molecule has 1 aromatic rings. The lowest BCUT2D eigenvalue weighted by atomic mass is 9.81. The fourth-order valence-electron chi connectivity index (χ4n) is 1.64. The van der Waals surface area contributed by atoms with Gasteiger partial charge in [-0.2, -0.15) is 0 Å². The third-order valence-corrected chi connectivity index (χ3v) is 3.61. The first kappa shape index (κ1) is 13.7. The van der Waals surface area contributed by atoms with Crippen LogP contribution in [0.25, 0.3) is 0 Å². The van der Waals surface area contributed by atoms with Crippen LogP contribution in [0.1, 0.15) is 45.7 Å². The Morgan fingerprint density at radius 2 is 1.69 bits per heavy atom. The molecule has 1 nitrogen and oxygen atoms in total. The summed E-state index contributed by atoms with van der Waals surface area (Å²) >= 11 is 3.62. The van der Waals surface area contributed by atoms with Crippen molar-refractivity contribution in [3.8, 4) is 0 Å². The number of rotatable bonds is 2. The molecule has 0 bridgehead atoms. The van der Waals surface area contributed by atoms with Crippen molar-refractivity contribution in [2.45, 2.75) is 45.4 Å². The summed E-state index contributed by atoms with van der Waals surface area (Å²) in [5.41, 5.74) is 2.42. The van der Waals surface area contributed by atoms with Crippen LogP contribution in [0.5, 0.6) is 0 Å². The number of aliphatic hydroxyl groups excluding tert-OH is 1. The van der Waals surface area contributed by atoms with Crippen LogP contribution in [0.2, 0.25) is 0 Å². The number of hydrogen-bond donors (Lipinski definition) is 1. The Balaban J connectivity index is 3.20. The topological polar surface area (TPSA) is 20.2 Å². The molecule has 2 heteroatoms. The van der Waals surface area contributed by atoms with Crippen molar-refractivity contribution >= 4 is 15.9 Å². The van der Waals surface area contributed by atoms with E-state index in [9.17, 15) is 5.11 Å². The lowest BCUT2D eigenvalue weighted by Gasteiger charge is -2.26. The van der Waals surface area contributed by atoms with Crippen LogP contribution in [0.3, 0.4) is 0 Å². The second-order valence-electron chi connectivity index (χ2n) is 5.99. The van der Waals surface area contributed by atoms with E-state index in [1.807, 2.05) is 13.8 Å². The van der Waals surface area contributed by atoms with Gasteiger partial charge < -0.3 is 5.11 Å². The summed E-state index contributed by atoms with van der Waals surface area (Å²) < 4.78 is 1.12. The van der Waals surface area contributed by atoms with Crippen molar-refractivity contribution in [2.75, 3.05) is 6.61 Å². The predicted molar refractivity (Wildman–Crippen MR) is 73.0 cm³/mol. The lowest BCUT2D eigenvalue weighted by molar-refractivity contribution is 0.218. The molecule has 0 atom stereocenters. The van der Waals surface area contributed by atoms with Gasteiger partial charge in [0, 0.05) is 9.89 Å². The minimum atomic E-state index is -0.182. The van der Waals surface area contributed by atoms with Gasteiger partial charge in [-0.3, -0.25) is 0 Å². The van der Waals surface area contributed by atoms with Gasteiger partial charge in [0.15, 0.2) is 0 Å². The molecule has 0 fully saturated rings. The maximum atomic E-state index is 9.35. The van der Waals surface area contributed by atoms with Gasteiger partial charge in [0.05, 0.1) is 6.61 Å². The van der Waals surface area contributed by atoms with Crippen LogP contribution in [0.4, 0.5) is 0 Å². The molecule has 0 aliphatic heterocycles. The number of benzene rings is 1. The zero-order valence-corrected chi connectivity index (χ0v) is 12.4. The predicted octanol–water partition coefficient (Wildman–Crippen LogP) is 4.02. The van der Waals surface area contributed by atoms with Crippen LogP contribution in [-0.4, -0.2) is 11.7 Å². The summed E-state index contributed by atoms with van der Waals surface area (Å²) in [6.45, 7) is 10.9. The Hall–Kier alpha value is -0.340. The second-order valence-corrected chi connectivity index (χ2v) is 6.84. The summed E-state index contributed by atoms with van der Waals surface area (Å²) in [7, 11) is 0. The highest BCUT2D eigenvalue weighted by Crippen LogP contribution is 2.33. The Labute approximate surface area is 107 Å². The number of halogens is 1. The van der Waals surface area contributed by atoms with Gasteiger partial charge in [-0.25, -0.2) is 0 Å². The van der Waals surface area contributed by atoms with Crippen molar-refractivity contribution in [2.24, 2.45) is 0 Å². The van der Waals surface area contributed by atoms with E-state index in [1.165, 1.54) is 5.56 Å². The molecule has 0 aromatic heterocycles. The van der Waals surface area contributed by atoms with Gasteiger partial charge in [-0.15, -0.1) is 0 Å². The minimum Gasteiger partial charge on any atom is -0.395 e. The fraction of sp³-hybridized carbons (Fsp3) is 0.571. The Bertz CT molecular complexity index is 375. The second kappa shape index (κ2) is 4.50. The van der Waals surface area contributed by atoms with Gasteiger partial charge in [0.1, 0.15) is 0 Å². The molecule has 0 spiro atoms. The Kier molecular flexibility index (Phi) is 3.86. The van der Waals surface area contributed by atoms with E-state index in [4.69, 9.17) is 0 Å². The number of hydrogen-bond acceptors (Lipinski definition) is 1.